The number of likely N-dealkylation sites (N-methyl/N-ethyl adjacent to an activating group) is 1. The first-order valence-corrected chi connectivity index (χ1v) is 9.23. The molecule has 0 bridgehead atoms. The van der Waals surface area contributed by atoms with Crippen LogP contribution in [0.2, 0.25) is 0 Å². The molecule has 1 aliphatic rings. The molecule has 1 N–H and O–H groups in total. The molecule has 2 rings (SSSR count). The fraction of sp³-hybridized carbons (Fsp3) is 0.692. The average molecular weight is 381 g/mol. The van der Waals surface area contributed by atoms with E-state index >= 15 is 0 Å². The molecule has 0 radical (unpaired) electrons. The van der Waals surface area contributed by atoms with E-state index in [0.29, 0.717) is 38.0 Å². The van der Waals surface area contributed by atoms with E-state index in [1.165, 1.54) is 17.1 Å². The fourth-order valence-corrected chi connectivity index (χ4v) is 4.37. The SMILES string of the molecule is CCN(CCOC)S(=O)(=O)c1cc(CNC2CC2)oc1Br. The van der Waals surface area contributed by atoms with E-state index in [9.17, 15) is 8.42 Å². The third kappa shape index (κ3) is 4.29. The lowest BCUT2D eigenvalue weighted by Gasteiger charge is -2.19. The average Bonchev–Trinajstić information content (AvgIpc) is 3.19. The first-order chi connectivity index (χ1) is 9.98. The van der Waals surface area contributed by atoms with Gasteiger partial charge in [0, 0.05) is 32.3 Å². The number of nitrogens with one attached hydrogen (secondary N) is 1. The molecule has 0 aliphatic heterocycles. The van der Waals surface area contributed by atoms with Crippen LogP contribution in [0.15, 0.2) is 20.0 Å². The molecule has 1 aromatic rings. The normalized spacial score (nSPS) is 15.8. The van der Waals surface area contributed by atoms with Gasteiger partial charge in [-0.3, -0.25) is 0 Å². The molecule has 21 heavy (non-hydrogen) atoms. The highest BCUT2D eigenvalue weighted by molar-refractivity contribution is 9.10. The molecule has 0 spiro atoms. The van der Waals surface area contributed by atoms with Gasteiger partial charge in [0.1, 0.15) is 10.7 Å². The summed E-state index contributed by atoms with van der Waals surface area (Å²) in [5, 5.41) is 3.30. The summed E-state index contributed by atoms with van der Waals surface area (Å²) < 4.78 is 37.3. The number of sulfonamides is 1. The second kappa shape index (κ2) is 7.23. The van der Waals surface area contributed by atoms with E-state index in [0.717, 1.165) is 0 Å². The molecule has 0 atom stereocenters. The molecule has 120 valence electrons. The van der Waals surface area contributed by atoms with Crippen molar-refractivity contribution in [2.24, 2.45) is 0 Å². The van der Waals surface area contributed by atoms with Crippen LogP contribution in [-0.4, -0.2) is 45.6 Å². The number of rotatable bonds is 9. The van der Waals surface area contributed by atoms with E-state index in [2.05, 4.69) is 21.2 Å². The number of hydrogen-bond donors (Lipinski definition) is 1. The minimum Gasteiger partial charge on any atom is -0.452 e. The summed E-state index contributed by atoms with van der Waals surface area (Å²) in [5.41, 5.74) is 0. The Morgan fingerprint density at radius 1 is 1.52 bits per heavy atom. The molecule has 0 unspecified atom stereocenters. The molecule has 0 saturated heterocycles. The van der Waals surface area contributed by atoms with Gasteiger partial charge >= 0.3 is 0 Å². The van der Waals surface area contributed by atoms with Crippen LogP contribution in [-0.2, 0) is 21.3 Å². The number of halogens is 1. The van der Waals surface area contributed by atoms with Gasteiger partial charge in [0.15, 0.2) is 4.67 Å². The Morgan fingerprint density at radius 2 is 2.24 bits per heavy atom. The highest BCUT2D eigenvalue weighted by Crippen LogP contribution is 2.29. The predicted octanol–water partition coefficient (Wildman–Crippen LogP) is 1.95. The van der Waals surface area contributed by atoms with Crippen molar-refractivity contribution in [3.05, 3.63) is 16.5 Å². The van der Waals surface area contributed by atoms with Crippen LogP contribution < -0.4 is 5.32 Å². The Bertz CT molecular complexity index is 569. The minimum absolute atomic E-state index is 0.174. The number of furan rings is 1. The van der Waals surface area contributed by atoms with Crippen LogP contribution in [0.25, 0.3) is 0 Å². The predicted molar refractivity (Wildman–Crippen MR) is 82.6 cm³/mol. The standard InChI is InChI=1S/C13H21BrN2O4S/c1-3-16(6-7-19-2)21(17,18)12-8-11(20-13(12)14)9-15-10-4-5-10/h8,10,15H,3-7,9H2,1-2H3. The molecule has 0 amide bonds. The zero-order chi connectivity index (χ0) is 15.5. The Morgan fingerprint density at radius 3 is 2.81 bits per heavy atom. The van der Waals surface area contributed by atoms with E-state index in [1.807, 2.05) is 0 Å². The maximum atomic E-state index is 12.6. The van der Waals surface area contributed by atoms with Gasteiger partial charge in [-0.05, 0) is 28.8 Å². The van der Waals surface area contributed by atoms with Gasteiger partial charge in [0.25, 0.3) is 0 Å². The van der Waals surface area contributed by atoms with Crippen molar-refractivity contribution in [3.63, 3.8) is 0 Å². The van der Waals surface area contributed by atoms with Crippen molar-refractivity contribution in [1.29, 1.82) is 0 Å². The second-order valence-corrected chi connectivity index (χ2v) is 7.62. The summed E-state index contributed by atoms with van der Waals surface area (Å²) in [6.45, 7) is 3.42. The Hall–Kier alpha value is -0.410. The van der Waals surface area contributed by atoms with Gasteiger partial charge in [-0.2, -0.15) is 4.31 Å². The highest BCUT2D eigenvalue weighted by Gasteiger charge is 2.29. The Balaban J connectivity index is 2.13. The van der Waals surface area contributed by atoms with Gasteiger partial charge in [0.05, 0.1) is 13.2 Å². The summed E-state index contributed by atoms with van der Waals surface area (Å²) in [6, 6.07) is 2.13. The van der Waals surface area contributed by atoms with Gasteiger partial charge < -0.3 is 14.5 Å². The van der Waals surface area contributed by atoms with Gasteiger partial charge in [0.2, 0.25) is 10.0 Å². The topological polar surface area (TPSA) is 71.8 Å². The monoisotopic (exact) mass is 380 g/mol. The smallest absolute Gasteiger partial charge is 0.247 e. The van der Waals surface area contributed by atoms with E-state index in [4.69, 9.17) is 9.15 Å². The fourth-order valence-electron chi connectivity index (χ4n) is 1.97. The van der Waals surface area contributed by atoms with Gasteiger partial charge in [-0.15, -0.1) is 0 Å². The van der Waals surface area contributed by atoms with Crippen molar-refractivity contribution < 1.29 is 17.6 Å². The first kappa shape index (κ1) is 17.0. The highest BCUT2D eigenvalue weighted by atomic mass is 79.9. The van der Waals surface area contributed by atoms with Crippen LogP contribution in [0.4, 0.5) is 0 Å². The van der Waals surface area contributed by atoms with Crippen molar-refractivity contribution in [2.45, 2.75) is 37.2 Å². The summed E-state index contributed by atoms with van der Waals surface area (Å²) in [6.07, 6.45) is 2.35. The van der Waals surface area contributed by atoms with Crippen molar-refractivity contribution in [2.75, 3.05) is 26.8 Å². The maximum absolute atomic E-state index is 12.6. The summed E-state index contributed by atoms with van der Waals surface area (Å²) >= 11 is 3.21. The van der Waals surface area contributed by atoms with Gasteiger partial charge in [-0.25, -0.2) is 8.42 Å². The lowest BCUT2D eigenvalue weighted by molar-refractivity contribution is 0.180. The number of ether oxygens (including phenoxy) is 1. The zero-order valence-corrected chi connectivity index (χ0v) is 14.7. The maximum Gasteiger partial charge on any atom is 0.247 e. The van der Waals surface area contributed by atoms with Crippen molar-refractivity contribution >= 4 is 26.0 Å². The Kier molecular flexibility index (Phi) is 5.84. The first-order valence-electron chi connectivity index (χ1n) is 6.99. The summed E-state index contributed by atoms with van der Waals surface area (Å²) in [4.78, 5) is 0.174. The Labute approximate surface area is 134 Å². The largest absolute Gasteiger partial charge is 0.452 e. The third-order valence-electron chi connectivity index (χ3n) is 3.36. The molecule has 0 aromatic carbocycles. The second-order valence-electron chi connectivity index (χ2n) is 5.00. The van der Waals surface area contributed by atoms with E-state index in [1.54, 1.807) is 20.1 Å². The molecule has 1 saturated carbocycles. The molecular formula is C13H21BrN2O4S. The molecule has 1 heterocycles. The molecule has 8 heteroatoms. The lowest BCUT2D eigenvalue weighted by Crippen LogP contribution is -2.33. The van der Waals surface area contributed by atoms with Crippen LogP contribution >= 0.6 is 15.9 Å². The number of nitrogens with zero attached hydrogens (tertiary/aromatic N) is 1. The van der Waals surface area contributed by atoms with Crippen LogP contribution in [0.5, 0.6) is 0 Å². The van der Waals surface area contributed by atoms with Crippen molar-refractivity contribution in [1.82, 2.24) is 9.62 Å². The summed E-state index contributed by atoms with van der Waals surface area (Å²) in [5.74, 6) is 0.621. The molecule has 1 aromatic heterocycles. The molecular weight excluding hydrogens is 360 g/mol. The third-order valence-corrected chi connectivity index (χ3v) is 6.20. The van der Waals surface area contributed by atoms with Crippen LogP contribution in [0, 0.1) is 0 Å². The minimum atomic E-state index is -3.57. The molecule has 6 nitrogen and oxygen atoms in total. The zero-order valence-electron chi connectivity index (χ0n) is 12.3. The summed E-state index contributed by atoms with van der Waals surface area (Å²) in [7, 11) is -2.02. The molecule has 1 aliphatic carbocycles. The number of methoxy groups -OCH3 is 1. The van der Waals surface area contributed by atoms with E-state index < -0.39 is 10.0 Å². The van der Waals surface area contributed by atoms with Crippen LogP contribution in [0.1, 0.15) is 25.5 Å². The molecule has 1 fully saturated rings. The van der Waals surface area contributed by atoms with Crippen LogP contribution in [0.3, 0.4) is 0 Å². The lowest BCUT2D eigenvalue weighted by atomic mass is 10.4. The quantitative estimate of drug-likeness (QED) is 0.708. The van der Waals surface area contributed by atoms with Crippen molar-refractivity contribution in [3.8, 4) is 0 Å². The number of hydrogen-bond acceptors (Lipinski definition) is 5. The van der Waals surface area contributed by atoms with E-state index in [-0.39, 0.29) is 9.56 Å². The van der Waals surface area contributed by atoms with Gasteiger partial charge in [-0.1, -0.05) is 6.92 Å².